The first kappa shape index (κ1) is 13.1. The summed E-state index contributed by atoms with van der Waals surface area (Å²) < 4.78 is 0. The van der Waals surface area contributed by atoms with Gasteiger partial charge in [-0.1, -0.05) is 40.5 Å². The third-order valence-corrected chi connectivity index (χ3v) is 4.79. The van der Waals surface area contributed by atoms with E-state index in [1.54, 1.807) is 0 Å². The van der Waals surface area contributed by atoms with Gasteiger partial charge in [-0.15, -0.1) is 0 Å². The highest BCUT2D eigenvalue weighted by Crippen LogP contribution is 2.24. The minimum atomic E-state index is 0.681. The number of aromatic nitrogens is 1. The summed E-state index contributed by atoms with van der Waals surface area (Å²) in [6, 6.07) is 11.3. The molecule has 0 aliphatic carbocycles. The summed E-state index contributed by atoms with van der Waals surface area (Å²) in [6.07, 6.45) is 5.94. The molecule has 0 radical (unpaired) electrons. The molecule has 0 amide bonds. The Morgan fingerprint density at radius 3 is 3.00 bits per heavy atom. The molecule has 0 saturated carbocycles. The fourth-order valence-corrected chi connectivity index (χ4v) is 3.69. The zero-order valence-corrected chi connectivity index (χ0v) is 12.6. The lowest BCUT2D eigenvalue weighted by Gasteiger charge is -2.34. The standard InChI is InChI=1S/C16H19BrN2/c17-11-14-5-3-4-10-19(14)12-13-8-9-18-16-7-2-1-6-15(13)16/h1-2,6-9,14H,3-5,10-12H2. The molecule has 2 nitrogen and oxygen atoms in total. The van der Waals surface area contributed by atoms with Crippen molar-refractivity contribution in [3.8, 4) is 0 Å². The molecule has 3 rings (SSSR count). The van der Waals surface area contributed by atoms with Crippen LogP contribution >= 0.6 is 15.9 Å². The van der Waals surface area contributed by atoms with Crippen LogP contribution in [0.3, 0.4) is 0 Å². The van der Waals surface area contributed by atoms with Crippen molar-refractivity contribution in [1.29, 1.82) is 0 Å². The lowest BCUT2D eigenvalue weighted by Crippen LogP contribution is -2.39. The second-order valence-corrected chi connectivity index (χ2v) is 5.91. The van der Waals surface area contributed by atoms with Gasteiger partial charge in [0.2, 0.25) is 0 Å². The summed E-state index contributed by atoms with van der Waals surface area (Å²) in [6.45, 7) is 2.26. The second kappa shape index (κ2) is 6.02. The first-order valence-electron chi connectivity index (χ1n) is 7.01. The Morgan fingerprint density at radius 1 is 1.21 bits per heavy atom. The highest BCUT2D eigenvalue weighted by atomic mass is 79.9. The van der Waals surface area contributed by atoms with E-state index in [4.69, 9.17) is 0 Å². The number of pyridine rings is 1. The molecule has 2 heterocycles. The molecule has 1 atom stereocenters. The van der Waals surface area contributed by atoms with Crippen LogP contribution in [-0.2, 0) is 6.54 Å². The molecule has 1 aliphatic rings. The van der Waals surface area contributed by atoms with Crippen molar-refractivity contribution in [3.63, 3.8) is 0 Å². The van der Waals surface area contributed by atoms with Crippen molar-refractivity contribution in [2.24, 2.45) is 0 Å². The van der Waals surface area contributed by atoms with E-state index in [9.17, 15) is 0 Å². The molecule has 1 aliphatic heterocycles. The highest BCUT2D eigenvalue weighted by Gasteiger charge is 2.21. The third kappa shape index (κ3) is 2.82. The number of nitrogens with zero attached hydrogens (tertiary/aromatic N) is 2. The number of likely N-dealkylation sites (tertiary alicyclic amines) is 1. The number of alkyl halides is 1. The summed E-state index contributed by atoms with van der Waals surface area (Å²) in [5, 5.41) is 2.37. The van der Waals surface area contributed by atoms with E-state index in [0.29, 0.717) is 6.04 Å². The highest BCUT2D eigenvalue weighted by molar-refractivity contribution is 9.09. The Hall–Kier alpha value is -0.930. The van der Waals surface area contributed by atoms with E-state index >= 15 is 0 Å². The molecule has 1 saturated heterocycles. The average Bonchev–Trinajstić information content (AvgIpc) is 2.48. The average molecular weight is 319 g/mol. The van der Waals surface area contributed by atoms with Crippen LogP contribution in [0.1, 0.15) is 24.8 Å². The molecule has 1 aromatic carbocycles. The van der Waals surface area contributed by atoms with Gasteiger partial charge >= 0.3 is 0 Å². The first-order chi connectivity index (χ1) is 9.38. The van der Waals surface area contributed by atoms with Crippen LogP contribution in [0.5, 0.6) is 0 Å². The lowest BCUT2D eigenvalue weighted by atomic mass is 10.0. The zero-order valence-electron chi connectivity index (χ0n) is 11.1. The topological polar surface area (TPSA) is 16.1 Å². The van der Waals surface area contributed by atoms with Crippen LogP contribution in [0.15, 0.2) is 36.5 Å². The van der Waals surface area contributed by atoms with Crippen molar-refractivity contribution in [2.75, 3.05) is 11.9 Å². The minimum absolute atomic E-state index is 0.681. The molecular formula is C16H19BrN2. The van der Waals surface area contributed by atoms with Gasteiger partial charge in [-0.05, 0) is 37.1 Å². The maximum absolute atomic E-state index is 4.45. The number of hydrogen-bond donors (Lipinski definition) is 0. The fraction of sp³-hybridized carbons (Fsp3) is 0.438. The predicted octanol–water partition coefficient (Wildman–Crippen LogP) is 3.98. The third-order valence-electron chi connectivity index (χ3n) is 4.04. The number of benzene rings is 1. The number of hydrogen-bond acceptors (Lipinski definition) is 2. The van der Waals surface area contributed by atoms with E-state index in [1.807, 2.05) is 6.20 Å². The van der Waals surface area contributed by atoms with Crippen LogP contribution in [-0.4, -0.2) is 27.8 Å². The van der Waals surface area contributed by atoms with Gasteiger partial charge in [-0.3, -0.25) is 9.88 Å². The first-order valence-corrected chi connectivity index (χ1v) is 8.13. The van der Waals surface area contributed by atoms with Crippen LogP contribution < -0.4 is 0 Å². The van der Waals surface area contributed by atoms with Gasteiger partial charge in [-0.2, -0.15) is 0 Å². The number of fused-ring (bicyclic) bond motifs is 1. The van der Waals surface area contributed by atoms with Crippen molar-refractivity contribution in [1.82, 2.24) is 9.88 Å². The Kier molecular flexibility index (Phi) is 4.14. The Morgan fingerprint density at radius 2 is 2.11 bits per heavy atom. The Bertz CT molecular complexity index is 550. The number of piperidine rings is 1. The summed E-state index contributed by atoms with van der Waals surface area (Å²) >= 11 is 3.66. The van der Waals surface area contributed by atoms with Crippen molar-refractivity contribution in [2.45, 2.75) is 31.8 Å². The van der Waals surface area contributed by atoms with Gasteiger partial charge in [0.05, 0.1) is 5.52 Å². The van der Waals surface area contributed by atoms with Gasteiger partial charge in [-0.25, -0.2) is 0 Å². The second-order valence-electron chi connectivity index (χ2n) is 5.26. The van der Waals surface area contributed by atoms with Gasteiger partial charge < -0.3 is 0 Å². The number of halogens is 1. The molecule has 3 heteroatoms. The summed E-state index contributed by atoms with van der Waals surface area (Å²) in [5.41, 5.74) is 2.51. The van der Waals surface area contributed by atoms with Crippen molar-refractivity contribution < 1.29 is 0 Å². The zero-order chi connectivity index (χ0) is 13.1. The smallest absolute Gasteiger partial charge is 0.0705 e. The molecule has 1 fully saturated rings. The van der Waals surface area contributed by atoms with Gasteiger partial charge in [0.25, 0.3) is 0 Å². The Balaban J connectivity index is 1.88. The molecular weight excluding hydrogens is 300 g/mol. The van der Waals surface area contributed by atoms with Gasteiger partial charge in [0.1, 0.15) is 0 Å². The quantitative estimate of drug-likeness (QED) is 0.796. The van der Waals surface area contributed by atoms with E-state index in [1.165, 1.54) is 36.8 Å². The lowest BCUT2D eigenvalue weighted by molar-refractivity contribution is 0.157. The normalized spacial score (nSPS) is 20.8. The predicted molar refractivity (Wildman–Crippen MR) is 83.6 cm³/mol. The summed E-state index contributed by atoms with van der Waals surface area (Å²) in [4.78, 5) is 7.06. The maximum Gasteiger partial charge on any atom is 0.0705 e. The van der Waals surface area contributed by atoms with Gasteiger partial charge in [0.15, 0.2) is 0 Å². The van der Waals surface area contributed by atoms with Crippen molar-refractivity contribution >= 4 is 26.8 Å². The minimum Gasteiger partial charge on any atom is -0.295 e. The number of para-hydroxylation sites is 1. The fourth-order valence-electron chi connectivity index (χ4n) is 2.95. The Labute approximate surface area is 123 Å². The summed E-state index contributed by atoms with van der Waals surface area (Å²) in [7, 11) is 0. The molecule has 0 bridgehead atoms. The molecule has 0 spiro atoms. The molecule has 1 aromatic heterocycles. The van der Waals surface area contributed by atoms with E-state index in [-0.39, 0.29) is 0 Å². The summed E-state index contributed by atoms with van der Waals surface area (Å²) in [5.74, 6) is 0. The van der Waals surface area contributed by atoms with Crippen LogP contribution in [0.25, 0.3) is 10.9 Å². The molecule has 1 unspecified atom stereocenters. The van der Waals surface area contributed by atoms with E-state index < -0.39 is 0 Å². The molecule has 0 N–H and O–H groups in total. The number of rotatable bonds is 3. The molecule has 2 aromatic rings. The van der Waals surface area contributed by atoms with Crippen LogP contribution in [0.2, 0.25) is 0 Å². The van der Waals surface area contributed by atoms with E-state index in [0.717, 1.165) is 17.4 Å². The van der Waals surface area contributed by atoms with Crippen LogP contribution in [0.4, 0.5) is 0 Å². The van der Waals surface area contributed by atoms with Crippen LogP contribution in [0, 0.1) is 0 Å². The monoisotopic (exact) mass is 318 g/mol. The molecule has 100 valence electrons. The molecule has 19 heavy (non-hydrogen) atoms. The maximum atomic E-state index is 4.45. The van der Waals surface area contributed by atoms with E-state index in [2.05, 4.69) is 56.1 Å². The van der Waals surface area contributed by atoms with Crippen molar-refractivity contribution in [3.05, 3.63) is 42.1 Å². The largest absolute Gasteiger partial charge is 0.295 e. The van der Waals surface area contributed by atoms with Gasteiger partial charge in [0, 0.05) is 29.5 Å². The SMILES string of the molecule is BrCC1CCCCN1Cc1ccnc2ccccc12.